The predicted molar refractivity (Wildman–Crippen MR) is 93.3 cm³/mol. The monoisotopic (exact) mass is 340 g/mol. The fourth-order valence-corrected chi connectivity index (χ4v) is 4.21. The topological polar surface area (TPSA) is 42.7 Å². The Morgan fingerprint density at radius 3 is 3.04 bits per heavy atom. The molecular weight excluding hydrogens is 320 g/mol. The van der Waals surface area contributed by atoms with Crippen molar-refractivity contribution >= 4 is 16.9 Å². The highest BCUT2D eigenvalue weighted by Gasteiger charge is 2.29. The van der Waals surface area contributed by atoms with Crippen LogP contribution in [-0.4, -0.2) is 39.0 Å². The fourth-order valence-electron chi connectivity index (χ4n) is 3.56. The summed E-state index contributed by atoms with van der Waals surface area (Å²) >= 11 is 1.72. The molecule has 4 heterocycles. The molecule has 1 atom stereocenters. The van der Waals surface area contributed by atoms with Crippen LogP contribution < -0.4 is 0 Å². The predicted octanol–water partition coefficient (Wildman–Crippen LogP) is 3.24. The van der Waals surface area contributed by atoms with E-state index in [0.717, 1.165) is 31.9 Å². The van der Waals surface area contributed by atoms with Gasteiger partial charge in [0.05, 0.1) is 30.7 Å². The maximum atomic E-state index is 6.06. The third-order valence-electron chi connectivity index (χ3n) is 4.93. The third kappa shape index (κ3) is 2.64. The van der Waals surface area contributed by atoms with Crippen molar-refractivity contribution in [3.63, 3.8) is 0 Å². The zero-order valence-electron chi connectivity index (χ0n) is 13.5. The number of ether oxygens (including phenoxy) is 1. The van der Waals surface area contributed by atoms with E-state index in [-0.39, 0.29) is 6.10 Å². The molecule has 3 aromatic rings. The van der Waals surface area contributed by atoms with Crippen LogP contribution in [0.1, 0.15) is 41.3 Å². The zero-order valence-corrected chi connectivity index (χ0v) is 14.3. The van der Waals surface area contributed by atoms with Crippen molar-refractivity contribution in [3.8, 4) is 0 Å². The summed E-state index contributed by atoms with van der Waals surface area (Å²) in [5, 5.41) is 3.21. The van der Waals surface area contributed by atoms with Gasteiger partial charge < -0.3 is 9.14 Å². The van der Waals surface area contributed by atoms with Crippen LogP contribution in [0.25, 0.3) is 5.52 Å². The Morgan fingerprint density at radius 2 is 2.21 bits per heavy atom. The number of aromatic nitrogens is 3. The Hall–Kier alpha value is -1.76. The van der Waals surface area contributed by atoms with Crippen molar-refractivity contribution in [2.45, 2.75) is 31.4 Å². The summed E-state index contributed by atoms with van der Waals surface area (Å²) in [6.07, 6.45) is 6.49. The Balaban J connectivity index is 1.41. The summed E-state index contributed by atoms with van der Waals surface area (Å²) < 4.78 is 8.32. The van der Waals surface area contributed by atoms with Crippen LogP contribution in [0, 0.1) is 0 Å². The number of hydrogen-bond donors (Lipinski definition) is 0. The molecule has 24 heavy (non-hydrogen) atoms. The Kier molecular flexibility index (Phi) is 3.61. The molecular formula is C18H20N4OS. The Morgan fingerprint density at radius 1 is 1.25 bits per heavy atom. The first-order valence-corrected chi connectivity index (χ1v) is 9.44. The van der Waals surface area contributed by atoms with Crippen molar-refractivity contribution in [1.29, 1.82) is 0 Å². The number of morpholine rings is 1. The molecule has 5 rings (SSSR count). The van der Waals surface area contributed by atoms with Crippen molar-refractivity contribution in [2.75, 3.05) is 19.7 Å². The van der Waals surface area contributed by atoms with Gasteiger partial charge >= 0.3 is 0 Å². The summed E-state index contributed by atoms with van der Waals surface area (Å²) in [7, 11) is 0. The van der Waals surface area contributed by atoms with Crippen molar-refractivity contribution in [2.24, 2.45) is 0 Å². The molecule has 124 valence electrons. The van der Waals surface area contributed by atoms with Gasteiger partial charge in [-0.3, -0.25) is 4.90 Å². The number of pyridine rings is 1. The van der Waals surface area contributed by atoms with Gasteiger partial charge in [-0.2, -0.15) is 0 Å². The lowest BCUT2D eigenvalue weighted by Gasteiger charge is -2.31. The minimum atomic E-state index is 0.0400. The lowest BCUT2D eigenvalue weighted by molar-refractivity contribution is -0.0341. The first-order chi connectivity index (χ1) is 11.9. The van der Waals surface area contributed by atoms with Crippen molar-refractivity contribution in [1.82, 2.24) is 19.3 Å². The summed E-state index contributed by atoms with van der Waals surface area (Å²) in [6.45, 7) is 3.48. The quantitative estimate of drug-likeness (QED) is 0.731. The molecule has 0 N–H and O–H groups in total. The number of hydrogen-bond acceptors (Lipinski definition) is 5. The third-order valence-corrected chi connectivity index (χ3v) is 5.69. The van der Waals surface area contributed by atoms with Crippen LogP contribution in [0.2, 0.25) is 0 Å². The minimum absolute atomic E-state index is 0.0400. The maximum absolute atomic E-state index is 6.06. The van der Waals surface area contributed by atoms with Gasteiger partial charge in [0.15, 0.2) is 0 Å². The average Bonchev–Trinajstić information content (AvgIpc) is 3.15. The molecule has 1 unspecified atom stereocenters. The molecule has 1 aliphatic heterocycles. The highest BCUT2D eigenvalue weighted by molar-refractivity contribution is 7.09. The highest BCUT2D eigenvalue weighted by Crippen LogP contribution is 2.40. The summed E-state index contributed by atoms with van der Waals surface area (Å²) in [5.74, 6) is 0.712. The van der Waals surface area contributed by atoms with E-state index >= 15 is 0 Å². The van der Waals surface area contributed by atoms with Gasteiger partial charge in [-0.15, -0.1) is 11.3 Å². The molecule has 2 aliphatic rings. The van der Waals surface area contributed by atoms with E-state index in [1.807, 2.05) is 17.9 Å². The molecule has 0 amide bonds. The van der Waals surface area contributed by atoms with Gasteiger partial charge in [-0.25, -0.2) is 9.97 Å². The van der Waals surface area contributed by atoms with Gasteiger partial charge in [-0.1, -0.05) is 6.07 Å². The molecule has 5 nitrogen and oxygen atoms in total. The normalized spacial score (nSPS) is 22.2. The zero-order chi connectivity index (χ0) is 15.9. The number of fused-ring (bicyclic) bond motifs is 1. The highest BCUT2D eigenvalue weighted by atomic mass is 32.1. The van der Waals surface area contributed by atoms with Crippen molar-refractivity contribution < 1.29 is 4.74 Å². The molecule has 0 radical (unpaired) electrons. The number of nitrogens with zero attached hydrogens (tertiary/aromatic N) is 4. The molecule has 0 bridgehead atoms. The lowest BCUT2D eigenvalue weighted by atomic mass is 10.1. The number of rotatable bonds is 4. The first kappa shape index (κ1) is 14.6. The van der Waals surface area contributed by atoms with Crippen LogP contribution in [0.15, 0.2) is 36.1 Å². The number of thiazole rings is 1. The van der Waals surface area contributed by atoms with E-state index in [1.165, 1.54) is 29.1 Å². The first-order valence-electron chi connectivity index (χ1n) is 8.56. The van der Waals surface area contributed by atoms with Crippen molar-refractivity contribution in [3.05, 3.63) is 52.5 Å². The van der Waals surface area contributed by atoms with Gasteiger partial charge in [0.25, 0.3) is 0 Å². The fraction of sp³-hybridized carbons (Fsp3) is 0.444. The maximum Gasteiger partial charge on any atom is 0.114 e. The largest absolute Gasteiger partial charge is 0.369 e. The van der Waals surface area contributed by atoms with E-state index in [4.69, 9.17) is 9.72 Å². The van der Waals surface area contributed by atoms with Crippen LogP contribution >= 0.6 is 11.3 Å². The van der Waals surface area contributed by atoms with Gasteiger partial charge in [0.1, 0.15) is 11.1 Å². The second-order valence-electron chi connectivity index (χ2n) is 6.63. The summed E-state index contributed by atoms with van der Waals surface area (Å²) in [4.78, 5) is 11.5. The van der Waals surface area contributed by atoms with E-state index < -0.39 is 0 Å². The molecule has 2 fully saturated rings. The smallest absolute Gasteiger partial charge is 0.114 e. The van der Waals surface area contributed by atoms with Crippen LogP contribution in [0.3, 0.4) is 0 Å². The van der Waals surface area contributed by atoms with E-state index in [0.29, 0.717) is 5.92 Å². The molecule has 6 heteroatoms. The van der Waals surface area contributed by atoms with Crippen LogP contribution in [0.4, 0.5) is 0 Å². The average molecular weight is 340 g/mol. The van der Waals surface area contributed by atoms with Crippen LogP contribution in [-0.2, 0) is 11.3 Å². The lowest BCUT2D eigenvalue weighted by Crippen LogP contribution is -2.38. The summed E-state index contributed by atoms with van der Waals surface area (Å²) in [5.41, 5.74) is 3.66. The second-order valence-corrected chi connectivity index (χ2v) is 7.61. The Bertz CT molecular complexity index is 840. The Labute approximate surface area is 144 Å². The van der Waals surface area contributed by atoms with Crippen LogP contribution in [0.5, 0.6) is 0 Å². The molecule has 1 saturated heterocycles. The molecule has 3 aromatic heterocycles. The minimum Gasteiger partial charge on any atom is -0.369 e. The van der Waals surface area contributed by atoms with E-state index in [9.17, 15) is 0 Å². The molecule has 1 saturated carbocycles. The number of imidazole rings is 1. The van der Waals surface area contributed by atoms with E-state index in [1.54, 1.807) is 11.3 Å². The molecule has 0 spiro atoms. The SMILES string of the molecule is c1cc(C2CC2)n2cnc(C3CN(Cc4nccs4)CCO3)c2c1. The second kappa shape index (κ2) is 5.95. The van der Waals surface area contributed by atoms with Gasteiger partial charge in [0, 0.05) is 30.4 Å². The van der Waals surface area contributed by atoms with E-state index in [2.05, 4.69) is 32.5 Å². The summed E-state index contributed by atoms with van der Waals surface area (Å²) in [6, 6.07) is 6.55. The van der Waals surface area contributed by atoms with Gasteiger partial charge in [-0.05, 0) is 30.9 Å². The van der Waals surface area contributed by atoms with Gasteiger partial charge in [0.2, 0.25) is 0 Å². The molecule has 0 aromatic carbocycles. The standard InChI is InChI=1S/C18H20N4OS/c1-2-14(13-4-5-13)22-12-20-18(15(22)3-1)16-10-21(7-8-23-16)11-17-19-6-9-24-17/h1-3,6,9,12-13,16H,4-5,7-8,10-11H2. The molecule has 1 aliphatic carbocycles.